The molecular weight excluding hydrogens is 384 g/mol. The fourth-order valence-electron chi connectivity index (χ4n) is 3.26. The third kappa shape index (κ3) is 3.28. The summed E-state index contributed by atoms with van der Waals surface area (Å²) in [6.07, 6.45) is 0. The number of ketones is 1. The number of aromatic hydroxyl groups is 1. The SMILES string of the molecule is COc1cc2oc(-c3cccc(C(=O)c4ccccc4)c3)c(O)c(=O)c2cc1OC. The van der Waals surface area contributed by atoms with E-state index in [0.29, 0.717) is 28.2 Å². The van der Waals surface area contributed by atoms with Gasteiger partial charge in [0.1, 0.15) is 5.58 Å². The standard InChI is InChI=1S/C24H18O6/c1-28-19-12-17-18(13-20(19)29-2)30-24(23(27)22(17)26)16-10-6-9-15(11-16)21(25)14-7-4-3-5-8-14/h3-13,27H,1-2H3. The van der Waals surface area contributed by atoms with Crippen LogP contribution in [0.25, 0.3) is 22.3 Å². The predicted molar refractivity (Wildman–Crippen MR) is 113 cm³/mol. The Balaban J connectivity index is 1.86. The monoisotopic (exact) mass is 402 g/mol. The van der Waals surface area contributed by atoms with Crippen LogP contribution in [-0.2, 0) is 0 Å². The van der Waals surface area contributed by atoms with Crippen molar-refractivity contribution in [2.24, 2.45) is 0 Å². The van der Waals surface area contributed by atoms with Gasteiger partial charge in [0.05, 0.1) is 19.6 Å². The van der Waals surface area contributed by atoms with Crippen LogP contribution in [0.1, 0.15) is 15.9 Å². The number of methoxy groups -OCH3 is 2. The molecule has 0 radical (unpaired) electrons. The van der Waals surface area contributed by atoms with Crippen LogP contribution in [-0.4, -0.2) is 25.1 Å². The molecular formula is C24H18O6. The maximum Gasteiger partial charge on any atom is 0.235 e. The minimum Gasteiger partial charge on any atom is -0.502 e. The molecule has 0 saturated carbocycles. The molecule has 0 unspecified atom stereocenters. The molecule has 0 atom stereocenters. The van der Waals surface area contributed by atoms with E-state index in [2.05, 4.69) is 0 Å². The van der Waals surface area contributed by atoms with Gasteiger partial charge in [-0.15, -0.1) is 0 Å². The minimum absolute atomic E-state index is 0.0255. The number of hydrogen-bond acceptors (Lipinski definition) is 6. The number of fused-ring (bicyclic) bond motifs is 1. The Morgan fingerprint density at radius 2 is 1.53 bits per heavy atom. The van der Waals surface area contributed by atoms with E-state index in [4.69, 9.17) is 13.9 Å². The number of ether oxygens (including phenoxy) is 2. The molecule has 6 nitrogen and oxygen atoms in total. The molecule has 0 amide bonds. The van der Waals surface area contributed by atoms with Crippen LogP contribution in [0.3, 0.4) is 0 Å². The first-order chi connectivity index (χ1) is 14.5. The van der Waals surface area contributed by atoms with Gasteiger partial charge in [-0.05, 0) is 12.1 Å². The number of rotatable bonds is 5. The lowest BCUT2D eigenvalue weighted by atomic mass is 10.00. The third-order valence-electron chi connectivity index (χ3n) is 4.80. The fourth-order valence-corrected chi connectivity index (χ4v) is 3.26. The van der Waals surface area contributed by atoms with Crippen LogP contribution in [0, 0.1) is 0 Å². The summed E-state index contributed by atoms with van der Waals surface area (Å²) in [5.74, 6) is -0.00866. The topological polar surface area (TPSA) is 86.0 Å². The van der Waals surface area contributed by atoms with Crippen LogP contribution >= 0.6 is 0 Å². The first-order valence-electron chi connectivity index (χ1n) is 9.15. The molecule has 0 spiro atoms. The van der Waals surface area contributed by atoms with E-state index in [1.165, 1.54) is 26.4 Å². The van der Waals surface area contributed by atoms with E-state index >= 15 is 0 Å². The van der Waals surface area contributed by atoms with Crippen molar-refractivity contribution in [1.82, 2.24) is 0 Å². The zero-order chi connectivity index (χ0) is 21.3. The number of carbonyl (C=O) groups is 1. The molecule has 30 heavy (non-hydrogen) atoms. The van der Waals surface area contributed by atoms with Gasteiger partial charge in [0.25, 0.3) is 0 Å². The molecule has 4 rings (SSSR count). The summed E-state index contributed by atoms with van der Waals surface area (Å²) in [5.41, 5.74) is 0.976. The van der Waals surface area contributed by atoms with Gasteiger partial charge in [0, 0.05) is 22.8 Å². The first-order valence-corrected chi connectivity index (χ1v) is 9.15. The number of hydrogen-bond donors (Lipinski definition) is 1. The van der Waals surface area contributed by atoms with Gasteiger partial charge in [-0.1, -0.05) is 48.5 Å². The Hall–Kier alpha value is -4.06. The van der Waals surface area contributed by atoms with Crippen molar-refractivity contribution in [2.45, 2.75) is 0 Å². The lowest BCUT2D eigenvalue weighted by molar-refractivity contribution is 0.103. The van der Waals surface area contributed by atoms with E-state index in [1.54, 1.807) is 48.5 Å². The number of carbonyl (C=O) groups excluding carboxylic acids is 1. The highest BCUT2D eigenvalue weighted by Crippen LogP contribution is 2.36. The Labute approximate surface area is 171 Å². The van der Waals surface area contributed by atoms with Crippen molar-refractivity contribution in [1.29, 1.82) is 0 Å². The van der Waals surface area contributed by atoms with Crippen LogP contribution in [0.15, 0.2) is 75.9 Å². The van der Waals surface area contributed by atoms with Gasteiger partial charge in [-0.25, -0.2) is 0 Å². The molecule has 3 aromatic carbocycles. The molecule has 0 fully saturated rings. The second-order valence-corrected chi connectivity index (χ2v) is 6.59. The summed E-state index contributed by atoms with van der Waals surface area (Å²) in [6, 6.07) is 18.4. The van der Waals surface area contributed by atoms with Crippen LogP contribution in [0.5, 0.6) is 17.2 Å². The molecule has 0 aliphatic rings. The highest BCUT2D eigenvalue weighted by molar-refractivity contribution is 6.09. The summed E-state index contributed by atoms with van der Waals surface area (Å²) in [5, 5.41) is 10.7. The van der Waals surface area contributed by atoms with Crippen molar-refractivity contribution in [3.05, 3.63) is 88.1 Å². The van der Waals surface area contributed by atoms with Crippen molar-refractivity contribution in [3.63, 3.8) is 0 Å². The molecule has 0 saturated heterocycles. The van der Waals surface area contributed by atoms with Gasteiger partial charge < -0.3 is 19.0 Å². The molecule has 0 aliphatic heterocycles. The zero-order valence-electron chi connectivity index (χ0n) is 16.3. The van der Waals surface area contributed by atoms with Crippen LogP contribution in [0.2, 0.25) is 0 Å². The largest absolute Gasteiger partial charge is 0.502 e. The summed E-state index contributed by atoms with van der Waals surface area (Å²) >= 11 is 0. The smallest absolute Gasteiger partial charge is 0.235 e. The van der Waals surface area contributed by atoms with Crippen LogP contribution < -0.4 is 14.9 Å². The highest BCUT2D eigenvalue weighted by Gasteiger charge is 2.19. The first kappa shape index (κ1) is 19.3. The fraction of sp³-hybridized carbons (Fsp3) is 0.0833. The van der Waals surface area contributed by atoms with E-state index < -0.39 is 11.2 Å². The minimum atomic E-state index is -0.605. The van der Waals surface area contributed by atoms with Gasteiger partial charge in [0.15, 0.2) is 23.0 Å². The van der Waals surface area contributed by atoms with Gasteiger partial charge in [-0.3, -0.25) is 9.59 Å². The zero-order valence-corrected chi connectivity index (χ0v) is 16.3. The molecule has 0 aliphatic carbocycles. The van der Waals surface area contributed by atoms with E-state index in [0.717, 1.165) is 0 Å². The van der Waals surface area contributed by atoms with Gasteiger partial charge in [0.2, 0.25) is 11.2 Å². The second kappa shape index (κ2) is 7.75. The molecule has 0 bridgehead atoms. The van der Waals surface area contributed by atoms with E-state index in [9.17, 15) is 14.7 Å². The van der Waals surface area contributed by atoms with E-state index in [1.807, 2.05) is 6.07 Å². The van der Waals surface area contributed by atoms with Crippen molar-refractivity contribution >= 4 is 16.8 Å². The molecule has 6 heteroatoms. The predicted octanol–water partition coefficient (Wildman–Crippen LogP) is 4.41. The quantitative estimate of drug-likeness (QED) is 0.498. The van der Waals surface area contributed by atoms with Crippen molar-refractivity contribution < 1.29 is 23.8 Å². The molecule has 150 valence electrons. The highest BCUT2D eigenvalue weighted by atomic mass is 16.5. The second-order valence-electron chi connectivity index (χ2n) is 6.59. The van der Waals surface area contributed by atoms with Crippen molar-refractivity contribution in [3.8, 4) is 28.6 Å². The summed E-state index contributed by atoms with van der Waals surface area (Å²) < 4.78 is 16.3. The average molecular weight is 402 g/mol. The Morgan fingerprint density at radius 3 is 2.23 bits per heavy atom. The lowest BCUT2D eigenvalue weighted by Gasteiger charge is -2.11. The summed E-state index contributed by atoms with van der Waals surface area (Å²) in [6.45, 7) is 0. The van der Waals surface area contributed by atoms with Crippen LogP contribution in [0.4, 0.5) is 0 Å². The average Bonchev–Trinajstić information content (AvgIpc) is 2.80. The molecule has 1 heterocycles. The van der Waals surface area contributed by atoms with Gasteiger partial charge in [-0.2, -0.15) is 0 Å². The summed E-state index contributed by atoms with van der Waals surface area (Å²) in [4.78, 5) is 25.5. The lowest BCUT2D eigenvalue weighted by Crippen LogP contribution is -2.04. The Kier molecular flexibility index (Phi) is 4.98. The normalized spacial score (nSPS) is 10.7. The maximum absolute atomic E-state index is 12.8. The molecule has 4 aromatic rings. The summed E-state index contributed by atoms with van der Waals surface area (Å²) in [7, 11) is 2.93. The van der Waals surface area contributed by atoms with Crippen molar-refractivity contribution in [2.75, 3.05) is 14.2 Å². The number of benzene rings is 3. The van der Waals surface area contributed by atoms with Gasteiger partial charge >= 0.3 is 0 Å². The van der Waals surface area contributed by atoms with E-state index in [-0.39, 0.29) is 22.5 Å². The maximum atomic E-state index is 12.8. The Bertz CT molecular complexity index is 1300. The molecule has 1 N–H and O–H groups in total. The Morgan fingerprint density at radius 1 is 0.867 bits per heavy atom. The third-order valence-corrected chi connectivity index (χ3v) is 4.80. The molecule has 1 aromatic heterocycles.